The van der Waals surface area contributed by atoms with Gasteiger partial charge in [-0.25, -0.2) is 8.78 Å². The zero-order valence-electron chi connectivity index (χ0n) is 9.89. The SMILES string of the molecule is CC(C)(C)c1c(F)c(F)c(OB(O)O)c(F)c1F. The summed E-state index contributed by atoms with van der Waals surface area (Å²) in [5.41, 5.74) is -1.95. The molecule has 0 saturated carbocycles. The number of halogens is 4. The summed E-state index contributed by atoms with van der Waals surface area (Å²) in [5, 5.41) is 16.8. The molecule has 0 heterocycles. The molecule has 0 aliphatic rings. The minimum atomic E-state index is -2.59. The van der Waals surface area contributed by atoms with E-state index in [0.717, 1.165) is 0 Å². The van der Waals surface area contributed by atoms with Crippen LogP contribution in [0.1, 0.15) is 26.3 Å². The maximum atomic E-state index is 13.6. The van der Waals surface area contributed by atoms with Crippen molar-refractivity contribution >= 4 is 7.32 Å². The third kappa shape index (κ3) is 2.59. The fraction of sp³-hybridized carbons (Fsp3) is 0.400. The molecular weight excluding hydrogens is 255 g/mol. The molecule has 0 unspecified atom stereocenters. The fourth-order valence-electron chi connectivity index (χ4n) is 1.48. The van der Waals surface area contributed by atoms with Gasteiger partial charge in [-0.05, 0) is 5.41 Å². The zero-order valence-corrected chi connectivity index (χ0v) is 9.89. The highest BCUT2D eigenvalue weighted by Crippen LogP contribution is 2.36. The van der Waals surface area contributed by atoms with Crippen LogP contribution in [0.3, 0.4) is 0 Å². The molecule has 2 N–H and O–H groups in total. The monoisotopic (exact) mass is 266 g/mol. The van der Waals surface area contributed by atoms with Gasteiger partial charge in [-0.3, -0.25) is 0 Å². The molecule has 1 aromatic rings. The molecular formula is C10H11BF4O3. The molecule has 0 fully saturated rings. The lowest BCUT2D eigenvalue weighted by Gasteiger charge is -2.22. The van der Waals surface area contributed by atoms with Crippen LogP contribution in [0.2, 0.25) is 0 Å². The van der Waals surface area contributed by atoms with E-state index in [1.165, 1.54) is 20.8 Å². The lowest BCUT2D eigenvalue weighted by atomic mass is 9.85. The Labute approximate surface area is 101 Å². The van der Waals surface area contributed by atoms with Gasteiger partial charge in [0.1, 0.15) is 0 Å². The Morgan fingerprint density at radius 2 is 1.28 bits per heavy atom. The van der Waals surface area contributed by atoms with Crippen LogP contribution in [0.5, 0.6) is 5.75 Å². The molecule has 8 heteroatoms. The molecule has 0 saturated heterocycles. The highest BCUT2D eigenvalue weighted by atomic mass is 19.2. The summed E-state index contributed by atoms with van der Waals surface area (Å²) in [6.07, 6.45) is 0. The molecule has 1 rings (SSSR count). The van der Waals surface area contributed by atoms with Crippen LogP contribution in [0.4, 0.5) is 17.6 Å². The molecule has 0 radical (unpaired) electrons. The predicted octanol–water partition coefficient (Wildman–Crippen LogP) is 1.89. The molecule has 0 amide bonds. The first-order valence-corrected chi connectivity index (χ1v) is 4.96. The van der Waals surface area contributed by atoms with Crippen molar-refractivity contribution in [3.63, 3.8) is 0 Å². The van der Waals surface area contributed by atoms with Crippen molar-refractivity contribution in [2.75, 3.05) is 0 Å². The molecule has 18 heavy (non-hydrogen) atoms. The van der Waals surface area contributed by atoms with E-state index in [2.05, 4.69) is 4.65 Å². The second-order valence-corrected chi connectivity index (χ2v) is 4.65. The van der Waals surface area contributed by atoms with Crippen LogP contribution in [0, 0.1) is 23.3 Å². The second-order valence-electron chi connectivity index (χ2n) is 4.65. The first-order valence-electron chi connectivity index (χ1n) is 4.96. The Hall–Kier alpha value is -1.28. The van der Waals surface area contributed by atoms with E-state index in [1.807, 2.05) is 0 Å². The van der Waals surface area contributed by atoms with Crippen LogP contribution >= 0.6 is 0 Å². The second kappa shape index (κ2) is 4.77. The van der Waals surface area contributed by atoms with E-state index in [-0.39, 0.29) is 0 Å². The predicted molar refractivity (Wildman–Crippen MR) is 55.8 cm³/mol. The Morgan fingerprint density at radius 1 is 0.889 bits per heavy atom. The highest BCUT2D eigenvalue weighted by molar-refractivity contribution is 6.33. The van der Waals surface area contributed by atoms with Crippen molar-refractivity contribution in [2.24, 2.45) is 0 Å². The van der Waals surface area contributed by atoms with Crippen molar-refractivity contribution in [1.29, 1.82) is 0 Å². The van der Waals surface area contributed by atoms with Gasteiger partial charge in [0, 0.05) is 5.56 Å². The van der Waals surface area contributed by atoms with Crippen molar-refractivity contribution in [1.82, 2.24) is 0 Å². The normalized spacial score (nSPS) is 11.6. The zero-order chi connectivity index (χ0) is 14.2. The number of hydrogen-bond donors (Lipinski definition) is 2. The molecule has 0 aliphatic heterocycles. The number of benzene rings is 1. The van der Waals surface area contributed by atoms with Crippen molar-refractivity contribution in [3.05, 3.63) is 28.8 Å². The summed E-state index contributed by atoms with van der Waals surface area (Å²) >= 11 is 0. The molecule has 0 bridgehead atoms. The van der Waals surface area contributed by atoms with Crippen LogP contribution in [-0.2, 0) is 5.41 Å². The molecule has 0 aromatic heterocycles. The van der Waals surface area contributed by atoms with E-state index in [1.54, 1.807) is 0 Å². The Morgan fingerprint density at radius 3 is 1.56 bits per heavy atom. The van der Waals surface area contributed by atoms with Crippen LogP contribution in [0.25, 0.3) is 0 Å². The van der Waals surface area contributed by atoms with Gasteiger partial charge in [0.05, 0.1) is 0 Å². The third-order valence-corrected chi connectivity index (χ3v) is 2.20. The average Bonchev–Trinajstić information content (AvgIpc) is 2.19. The minimum Gasteiger partial charge on any atom is -0.507 e. The summed E-state index contributed by atoms with van der Waals surface area (Å²) in [6.45, 7) is 4.11. The Bertz CT molecular complexity index is 442. The minimum absolute atomic E-state index is 0.780. The van der Waals surface area contributed by atoms with Gasteiger partial charge < -0.3 is 14.7 Å². The summed E-state index contributed by atoms with van der Waals surface area (Å²) in [5.74, 6) is -8.39. The fourth-order valence-corrected chi connectivity index (χ4v) is 1.48. The van der Waals surface area contributed by atoms with Crippen molar-refractivity contribution in [2.45, 2.75) is 26.2 Å². The molecule has 0 atom stereocenters. The van der Waals surface area contributed by atoms with E-state index >= 15 is 0 Å². The Balaban J connectivity index is 3.56. The van der Waals surface area contributed by atoms with Gasteiger partial charge in [0.25, 0.3) is 0 Å². The molecule has 100 valence electrons. The topological polar surface area (TPSA) is 49.7 Å². The smallest absolute Gasteiger partial charge is 0.507 e. The molecule has 1 aromatic carbocycles. The maximum absolute atomic E-state index is 13.6. The van der Waals surface area contributed by atoms with E-state index in [0.29, 0.717) is 0 Å². The quantitative estimate of drug-likeness (QED) is 0.488. The van der Waals surface area contributed by atoms with Gasteiger partial charge in [0.2, 0.25) is 11.6 Å². The summed E-state index contributed by atoms with van der Waals surface area (Å²) in [7, 11) is -2.59. The largest absolute Gasteiger partial charge is 0.707 e. The molecule has 3 nitrogen and oxygen atoms in total. The van der Waals surface area contributed by atoms with E-state index < -0.39 is 47.3 Å². The van der Waals surface area contributed by atoms with Gasteiger partial charge in [0.15, 0.2) is 17.4 Å². The van der Waals surface area contributed by atoms with Gasteiger partial charge in [-0.2, -0.15) is 8.78 Å². The lowest BCUT2D eigenvalue weighted by Crippen LogP contribution is -2.25. The van der Waals surface area contributed by atoms with Gasteiger partial charge >= 0.3 is 7.32 Å². The molecule has 0 aliphatic carbocycles. The van der Waals surface area contributed by atoms with Gasteiger partial charge in [-0.1, -0.05) is 20.8 Å². The number of rotatable bonds is 2. The summed E-state index contributed by atoms with van der Waals surface area (Å²) in [4.78, 5) is 0. The van der Waals surface area contributed by atoms with E-state index in [4.69, 9.17) is 10.0 Å². The first kappa shape index (κ1) is 14.8. The summed E-state index contributed by atoms with van der Waals surface area (Å²) < 4.78 is 58.1. The molecule has 0 spiro atoms. The van der Waals surface area contributed by atoms with Gasteiger partial charge in [-0.15, -0.1) is 0 Å². The van der Waals surface area contributed by atoms with E-state index in [9.17, 15) is 17.6 Å². The number of hydrogen-bond acceptors (Lipinski definition) is 3. The Kier molecular flexibility index (Phi) is 3.92. The van der Waals surface area contributed by atoms with Crippen LogP contribution < -0.4 is 4.65 Å². The van der Waals surface area contributed by atoms with Crippen LogP contribution in [-0.4, -0.2) is 17.4 Å². The standard InChI is InChI=1S/C10H11BF4O3/c1-10(2,3)4-5(12)7(14)9(18-11(16)17)8(15)6(4)13/h16-17H,1-3H3. The highest BCUT2D eigenvalue weighted by Gasteiger charge is 2.33. The van der Waals surface area contributed by atoms with Crippen molar-refractivity contribution < 1.29 is 32.3 Å². The third-order valence-electron chi connectivity index (χ3n) is 2.20. The maximum Gasteiger partial charge on any atom is 0.707 e. The van der Waals surface area contributed by atoms with Crippen molar-refractivity contribution in [3.8, 4) is 5.75 Å². The first-order chi connectivity index (χ1) is 8.07. The van der Waals surface area contributed by atoms with Crippen LogP contribution in [0.15, 0.2) is 0 Å². The summed E-state index contributed by atoms with van der Waals surface area (Å²) in [6, 6.07) is 0. The lowest BCUT2D eigenvalue weighted by molar-refractivity contribution is 0.266. The average molecular weight is 266 g/mol.